The zero-order valence-corrected chi connectivity index (χ0v) is 11.6. The van der Waals surface area contributed by atoms with E-state index < -0.39 is 6.09 Å². The van der Waals surface area contributed by atoms with E-state index in [2.05, 4.69) is 5.32 Å². The lowest BCUT2D eigenvalue weighted by molar-refractivity contribution is 0.0571. The molecule has 2 aliphatic heterocycles. The van der Waals surface area contributed by atoms with Gasteiger partial charge in [0.2, 0.25) is 0 Å². The molecule has 110 valence electrons. The number of rotatable bonds is 5. The van der Waals surface area contributed by atoms with Crippen LogP contribution in [0.25, 0.3) is 0 Å². The van der Waals surface area contributed by atoms with Crippen LogP contribution in [0.1, 0.15) is 32.1 Å². The summed E-state index contributed by atoms with van der Waals surface area (Å²) in [7, 11) is 0. The molecule has 2 fully saturated rings. The molecular formula is C14H26N2O3. The van der Waals surface area contributed by atoms with Crippen LogP contribution in [0, 0.1) is 11.8 Å². The quantitative estimate of drug-likeness (QED) is 0.748. The number of carbonyl (C=O) groups is 1. The van der Waals surface area contributed by atoms with Crippen molar-refractivity contribution in [3.8, 4) is 0 Å². The highest BCUT2D eigenvalue weighted by molar-refractivity contribution is 5.64. The molecule has 5 heteroatoms. The predicted molar refractivity (Wildman–Crippen MR) is 73.4 cm³/mol. The lowest BCUT2D eigenvalue weighted by Crippen LogP contribution is -2.38. The van der Waals surface area contributed by atoms with Crippen molar-refractivity contribution in [3.05, 3.63) is 0 Å². The molecule has 2 rings (SSSR count). The summed E-state index contributed by atoms with van der Waals surface area (Å²) in [5.74, 6) is 1.37. The fourth-order valence-electron chi connectivity index (χ4n) is 2.96. The minimum Gasteiger partial charge on any atom is -0.465 e. The van der Waals surface area contributed by atoms with Gasteiger partial charge in [-0.05, 0) is 57.0 Å². The number of likely N-dealkylation sites (tertiary alicyclic amines) is 1. The van der Waals surface area contributed by atoms with Crippen LogP contribution in [0.4, 0.5) is 4.79 Å². The third kappa shape index (κ3) is 4.99. The summed E-state index contributed by atoms with van der Waals surface area (Å²) in [5, 5.41) is 12.2. The number of hydrogen-bond donors (Lipinski definition) is 2. The summed E-state index contributed by atoms with van der Waals surface area (Å²) in [6, 6.07) is 0. The topological polar surface area (TPSA) is 61.8 Å². The van der Waals surface area contributed by atoms with Crippen LogP contribution in [0.15, 0.2) is 0 Å². The number of ether oxygens (including phenoxy) is 1. The van der Waals surface area contributed by atoms with E-state index in [0.717, 1.165) is 45.1 Å². The third-order valence-corrected chi connectivity index (χ3v) is 4.37. The Morgan fingerprint density at radius 1 is 1.16 bits per heavy atom. The van der Waals surface area contributed by atoms with Crippen LogP contribution in [0.5, 0.6) is 0 Å². The number of nitrogens with one attached hydrogen (secondary N) is 1. The zero-order chi connectivity index (χ0) is 13.5. The van der Waals surface area contributed by atoms with Crippen molar-refractivity contribution in [1.29, 1.82) is 0 Å². The molecule has 0 spiro atoms. The zero-order valence-electron chi connectivity index (χ0n) is 11.6. The second kappa shape index (κ2) is 7.70. The van der Waals surface area contributed by atoms with Crippen LogP contribution in [0.3, 0.4) is 0 Å². The first-order valence-corrected chi connectivity index (χ1v) is 7.52. The Morgan fingerprint density at radius 2 is 1.84 bits per heavy atom. The van der Waals surface area contributed by atoms with Gasteiger partial charge in [-0.1, -0.05) is 0 Å². The Hall–Kier alpha value is -0.810. The summed E-state index contributed by atoms with van der Waals surface area (Å²) in [4.78, 5) is 12.3. The molecule has 2 heterocycles. The Morgan fingerprint density at radius 3 is 2.47 bits per heavy atom. The molecule has 2 N–H and O–H groups in total. The Bertz CT molecular complexity index is 272. The molecule has 19 heavy (non-hydrogen) atoms. The van der Waals surface area contributed by atoms with Crippen molar-refractivity contribution >= 4 is 6.09 Å². The second-order valence-corrected chi connectivity index (χ2v) is 5.77. The van der Waals surface area contributed by atoms with Gasteiger partial charge in [0, 0.05) is 26.3 Å². The molecule has 0 bridgehead atoms. The van der Waals surface area contributed by atoms with E-state index in [1.54, 1.807) is 0 Å². The molecular weight excluding hydrogens is 244 g/mol. The molecule has 2 aliphatic rings. The minimum absolute atomic E-state index is 0.545. The SMILES string of the molecule is O=C(O)N1CCC(COCCC2CCNCC2)CC1. The molecule has 0 radical (unpaired) electrons. The lowest BCUT2D eigenvalue weighted by Gasteiger charge is -2.30. The van der Waals surface area contributed by atoms with Crippen molar-refractivity contribution in [2.75, 3.05) is 39.4 Å². The van der Waals surface area contributed by atoms with Gasteiger partial charge in [0.1, 0.15) is 0 Å². The van der Waals surface area contributed by atoms with Crippen LogP contribution in [-0.2, 0) is 4.74 Å². The Kier molecular flexibility index (Phi) is 5.92. The van der Waals surface area contributed by atoms with Crippen LogP contribution >= 0.6 is 0 Å². The first kappa shape index (κ1) is 14.6. The first-order valence-electron chi connectivity index (χ1n) is 7.52. The number of amides is 1. The maximum atomic E-state index is 10.8. The summed E-state index contributed by atoms with van der Waals surface area (Å²) in [5.41, 5.74) is 0. The van der Waals surface area contributed by atoms with Crippen LogP contribution < -0.4 is 5.32 Å². The number of piperidine rings is 2. The molecule has 2 saturated heterocycles. The van der Waals surface area contributed by atoms with Gasteiger partial charge >= 0.3 is 6.09 Å². The number of hydrogen-bond acceptors (Lipinski definition) is 3. The van der Waals surface area contributed by atoms with Crippen molar-refractivity contribution in [1.82, 2.24) is 10.2 Å². The Labute approximate surface area is 115 Å². The van der Waals surface area contributed by atoms with E-state index in [1.807, 2.05) is 0 Å². The maximum Gasteiger partial charge on any atom is 0.407 e. The molecule has 0 aromatic carbocycles. The highest BCUT2D eigenvalue weighted by Crippen LogP contribution is 2.19. The summed E-state index contributed by atoms with van der Waals surface area (Å²) < 4.78 is 5.79. The fourth-order valence-corrected chi connectivity index (χ4v) is 2.96. The van der Waals surface area contributed by atoms with E-state index in [0.29, 0.717) is 19.0 Å². The molecule has 0 unspecified atom stereocenters. The second-order valence-electron chi connectivity index (χ2n) is 5.77. The summed E-state index contributed by atoms with van der Waals surface area (Å²) in [6.45, 7) is 5.30. The van der Waals surface area contributed by atoms with Crippen molar-refractivity contribution in [3.63, 3.8) is 0 Å². The van der Waals surface area contributed by atoms with Gasteiger partial charge < -0.3 is 20.1 Å². The first-order chi connectivity index (χ1) is 9.25. The van der Waals surface area contributed by atoms with Crippen molar-refractivity contribution in [2.45, 2.75) is 32.1 Å². The maximum absolute atomic E-state index is 10.8. The average Bonchev–Trinajstić information content (AvgIpc) is 2.45. The summed E-state index contributed by atoms with van der Waals surface area (Å²) in [6.07, 6.45) is 4.83. The Balaban J connectivity index is 1.51. The average molecular weight is 270 g/mol. The molecule has 0 saturated carbocycles. The van der Waals surface area contributed by atoms with E-state index in [4.69, 9.17) is 9.84 Å². The van der Waals surface area contributed by atoms with Gasteiger partial charge in [0.25, 0.3) is 0 Å². The van der Waals surface area contributed by atoms with Crippen LogP contribution in [-0.4, -0.2) is 55.5 Å². The van der Waals surface area contributed by atoms with E-state index in [9.17, 15) is 4.79 Å². The summed E-state index contributed by atoms with van der Waals surface area (Å²) >= 11 is 0. The van der Waals surface area contributed by atoms with Crippen molar-refractivity contribution in [2.24, 2.45) is 11.8 Å². The molecule has 0 aliphatic carbocycles. The van der Waals surface area contributed by atoms with Crippen LogP contribution in [0.2, 0.25) is 0 Å². The van der Waals surface area contributed by atoms with Gasteiger partial charge in [0.15, 0.2) is 0 Å². The highest BCUT2D eigenvalue weighted by Gasteiger charge is 2.22. The molecule has 5 nitrogen and oxygen atoms in total. The van der Waals surface area contributed by atoms with Gasteiger partial charge in [-0.3, -0.25) is 0 Å². The van der Waals surface area contributed by atoms with E-state index in [-0.39, 0.29) is 0 Å². The largest absolute Gasteiger partial charge is 0.465 e. The van der Waals surface area contributed by atoms with Crippen molar-refractivity contribution < 1.29 is 14.6 Å². The van der Waals surface area contributed by atoms with Gasteiger partial charge in [0.05, 0.1) is 0 Å². The minimum atomic E-state index is -0.787. The smallest absolute Gasteiger partial charge is 0.407 e. The fraction of sp³-hybridized carbons (Fsp3) is 0.929. The lowest BCUT2D eigenvalue weighted by atomic mass is 9.95. The molecule has 1 amide bonds. The normalized spacial score (nSPS) is 22.6. The predicted octanol–water partition coefficient (Wildman–Crippen LogP) is 1.78. The monoisotopic (exact) mass is 270 g/mol. The van der Waals surface area contributed by atoms with E-state index >= 15 is 0 Å². The molecule has 0 aromatic rings. The van der Waals surface area contributed by atoms with Gasteiger partial charge in [-0.25, -0.2) is 4.79 Å². The molecule has 0 atom stereocenters. The van der Waals surface area contributed by atoms with Gasteiger partial charge in [-0.15, -0.1) is 0 Å². The standard InChI is InChI=1S/C14H26N2O3/c17-14(18)16-8-3-13(4-9-16)11-19-10-5-12-1-6-15-7-2-12/h12-13,15H,1-11H2,(H,17,18). The van der Waals surface area contributed by atoms with E-state index in [1.165, 1.54) is 24.2 Å². The number of nitrogens with zero attached hydrogens (tertiary/aromatic N) is 1. The molecule has 0 aromatic heterocycles. The highest BCUT2D eigenvalue weighted by atomic mass is 16.5. The third-order valence-electron chi connectivity index (χ3n) is 4.37. The van der Waals surface area contributed by atoms with Gasteiger partial charge in [-0.2, -0.15) is 0 Å². The number of carboxylic acid groups (broad SMARTS) is 1.